The SMILES string of the molecule is CCCCCCC(C)(C)C(=O)OCC(CN1CC1C)OC(=O)NCCCCCCn1c(=O)n(CCCCCCNC(=O)OC(COC(=O)C(C)(C)CCCCCC)CN2CC2C)c(=O)n(CCCCCCN(N)C(=O)OC(C)C)c1=O. The number of esters is 2. The summed E-state index contributed by atoms with van der Waals surface area (Å²) < 4.78 is 31.4. The van der Waals surface area contributed by atoms with Crippen LogP contribution in [0.5, 0.6) is 0 Å². The van der Waals surface area contributed by atoms with Crippen LogP contribution in [-0.4, -0.2) is 148 Å². The number of carbonyl (C=O) groups is 5. The van der Waals surface area contributed by atoms with Crippen molar-refractivity contribution in [2.45, 2.75) is 261 Å². The van der Waals surface area contributed by atoms with Gasteiger partial charge >= 0.3 is 47.3 Å². The monoisotopic (exact) mass is 1150 g/mol. The molecule has 0 spiro atoms. The zero-order valence-corrected chi connectivity index (χ0v) is 51.5. The van der Waals surface area contributed by atoms with Gasteiger partial charge in [0.05, 0.1) is 16.9 Å². The Morgan fingerprint density at radius 2 is 0.889 bits per heavy atom. The topological polar surface area (TPSA) is 257 Å². The third kappa shape index (κ3) is 27.8. The molecule has 22 heteroatoms. The van der Waals surface area contributed by atoms with Crippen molar-refractivity contribution in [1.82, 2.24) is 39.1 Å². The van der Waals surface area contributed by atoms with Crippen LogP contribution in [0.25, 0.3) is 0 Å². The summed E-state index contributed by atoms with van der Waals surface area (Å²) in [6.07, 6.45) is 14.0. The van der Waals surface area contributed by atoms with Crippen LogP contribution < -0.4 is 33.5 Å². The van der Waals surface area contributed by atoms with Gasteiger partial charge in [0.15, 0.2) is 12.2 Å². The molecule has 1 aromatic heterocycles. The van der Waals surface area contributed by atoms with Crippen molar-refractivity contribution in [1.29, 1.82) is 0 Å². The van der Waals surface area contributed by atoms with Crippen LogP contribution in [0.1, 0.15) is 210 Å². The highest BCUT2D eigenvalue weighted by molar-refractivity contribution is 5.76. The number of carbonyl (C=O) groups excluding carboxylic acids is 5. The number of nitrogens with two attached hydrogens (primary N) is 1. The summed E-state index contributed by atoms with van der Waals surface area (Å²) >= 11 is 0. The maximum Gasteiger partial charge on any atom is 0.424 e. The predicted molar refractivity (Wildman–Crippen MR) is 313 cm³/mol. The zero-order chi connectivity index (χ0) is 60.0. The highest BCUT2D eigenvalue weighted by Gasteiger charge is 2.36. The van der Waals surface area contributed by atoms with Crippen molar-refractivity contribution in [3.63, 3.8) is 0 Å². The number of hydrogen-bond donors (Lipinski definition) is 3. The minimum Gasteiger partial charge on any atom is -0.461 e. The molecule has 3 amide bonds. The molecule has 2 fully saturated rings. The highest BCUT2D eigenvalue weighted by Crippen LogP contribution is 2.28. The van der Waals surface area contributed by atoms with Crippen LogP contribution in [-0.2, 0) is 52.9 Å². The quantitative estimate of drug-likeness (QED) is 0.0106. The van der Waals surface area contributed by atoms with E-state index in [-0.39, 0.29) is 57.4 Å². The average Bonchev–Trinajstić information content (AvgIpc) is 4.41. The molecule has 2 aliphatic rings. The molecule has 0 aromatic carbocycles. The molecule has 22 nitrogen and oxygen atoms in total. The summed E-state index contributed by atoms with van der Waals surface area (Å²) in [6.45, 7) is 23.5. The first-order chi connectivity index (χ1) is 38.5. The molecule has 6 unspecified atom stereocenters. The van der Waals surface area contributed by atoms with Crippen molar-refractivity contribution in [3.8, 4) is 0 Å². The Bertz CT molecular complexity index is 2100. The minimum absolute atomic E-state index is 0.0213. The molecule has 0 aliphatic carbocycles. The van der Waals surface area contributed by atoms with E-state index < -0.39 is 58.4 Å². The van der Waals surface area contributed by atoms with Gasteiger partial charge in [-0.05, 0) is 107 Å². The van der Waals surface area contributed by atoms with E-state index in [4.69, 9.17) is 29.5 Å². The third-order valence-electron chi connectivity index (χ3n) is 15.3. The largest absolute Gasteiger partial charge is 0.461 e. The highest BCUT2D eigenvalue weighted by atomic mass is 16.6. The molecule has 3 heterocycles. The molecule has 6 atom stereocenters. The van der Waals surface area contributed by atoms with E-state index in [0.717, 1.165) is 96.0 Å². The fraction of sp³-hybridized carbons (Fsp3) is 0.864. The molecule has 2 saturated heterocycles. The lowest BCUT2D eigenvalue weighted by atomic mass is 9.87. The Morgan fingerprint density at radius 1 is 0.543 bits per heavy atom. The number of alkyl carbamates (subject to hydrolysis) is 2. The van der Waals surface area contributed by atoms with Gasteiger partial charge in [0.2, 0.25) is 0 Å². The molecule has 0 radical (unpaired) electrons. The molecule has 0 saturated carbocycles. The first kappa shape index (κ1) is 70.3. The van der Waals surface area contributed by atoms with Crippen LogP contribution in [0.4, 0.5) is 14.4 Å². The van der Waals surface area contributed by atoms with Crippen LogP contribution in [0.3, 0.4) is 0 Å². The van der Waals surface area contributed by atoms with Gasteiger partial charge in [0.1, 0.15) is 13.2 Å². The lowest BCUT2D eigenvalue weighted by Gasteiger charge is -2.25. The van der Waals surface area contributed by atoms with Crippen molar-refractivity contribution >= 4 is 30.2 Å². The number of ether oxygens (including phenoxy) is 5. The van der Waals surface area contributed by atoms with Gasteiger partial charge in [0.25, 0.3) is 0 Å². The smallest absolute Gasteiger partial charge is 0.424 e. The Labute approximate surface area is 483 Å². The molecule has 466 valence electrons. The molecule has 0 bridgehead atoms. The van der Waals surface area contributed by atoms with E-state index in [1.54, 1.807) is 13.8 Å². The Kier molecular flexibility index (Phi) is 32.4. The van der Waals surface area contributed by atoms with Crippen LogP contribution >= 0.6 is 0 Å². The van der Waals surface area contributed by atoms with E-state index in [2.05, 4.69) is 48.1 Å². The lowest BCUT2D eigenvalue weighted by Crippen LogP contribution is -2.54. The number of nitrogens with zero attached hydrogens (tertiary/aromatic N) is 6. The van der Waals surface area contributed by atoms with Crippen molar-refractivity contribution < 1.29 is 47.7 Å². The molecular formula is C59H107N9O13. The van der Waals surface area contributed by atoms with E-state index in [0.29, 0.717) is 115 Å². The van der Waals surface area contributed by atoms with Gasteiger partial charge in [0, 0.05) is 77.5 Å². The van der Waals surface area contributed by atoms with Gasteiger partial charge in [-0.3, -0.25) is 19.4 Å². The fourth-order valence-corrected chi connectivity index (χ4v) is 9.57. The summed E-state index contributed by atoms with van der Waals surface area (Å²) in [5.41, 5.74) is -3.24. The maximum atomic E-state index is 13.9. The normalized spacial score (nSPS) is 17.5. The van der Waals surface area contributed by atoms with Crippen molar-refractivity contribution in [2.24, 2.45) is 16.7 Å². The summed E-state index contributed by atoms with van der Waals surface area (Å²) in [7, 11) is 0. The number of amides is 3. The molecule has 3 rings (SSSR count). The van der Waals surface area contributed by atoms with Crippen LogP contribution in [0, 0.1) is 10.8 Å². The molecule has 2 aliphatic heterocycles. The second-order valence-corrected chi connectivity index (χ2v) is 24.3. The molecule has 1 aromatic rings. The van der Waals surface area contributed by atoms with E-state index >= 15 is 0 Å². The Hall–Kier alpha value is -4.96. The maximum absolute atomic E-state index is 13.9. The van der Waals surface area contributed by atoms with Crippen molar-refractivity contribution in [2.75, 3.05) is 59.0 Å². The number of hydrogen-bond acceptors (Lipinski definition) is 16. The van der Waals surface area contributed by atoms with Crippen LogP contribution in [0.2, 0.25) is 0 Å². The lowest BCUT2D eigenvalue weighted by molar-refractivity contribution is -0.158. The van der Waals surface area contributed by atoms with Gasteiger partial charge in [-0.2, -0.15) is 0 Å². The van der Waals surface area contributed by atoms with E-state index in [1.165, 1.54) is 0 Å². The number of unbranched alkanes of at least 4 members (excludes halogenated alkanes) is 15. The molecular weight excluding hydrogens is 1040 g/mol. The first-order valence-electron chi connectivity index (χ1n) is 30.9. The van der Waals surface area contributed by atoms with E-state index in [1.807, 2.05) is 27.7 Å². The Balaban J connectivity index is 1.52. The molecule has 4 N–H and O–H groups in total. The van der Waals surface area contributed by atoms with Gasteiger partial charge in [-0.25, -0.2) is 53.3 Å². The number of rotatable bonds is 44. The first-order valence-corrected chi connectivity index (χ1v) is 30.9. The average molecular weight is 1150 g/mol. The second kappa shape index (κ2) is 37.3. The molecule has 81 heavy (non-hydrogen) atoms. The fourth-order valence-electron chi connectivity index (χ4n) is 9.57. The number of aromatic nitrogens is 3. The second-order valence-electron chi connectivity index (χ2n) is 24.3. The minimum atomic E-state index is -0.660. The van der Waals surface area contributed by atoms with Gasteiger partial charge < -0.3 is 34.3 Å². The summed E-state index contributed by atoms with van der Waals surface area (Å²) in [4.78, 5) is 110. The Morgan fingerprint density at radius 3 is 1.23 bits per heavy atom. The van der Waals surface area contributed by atoms with Gasteiger partial charge in [-0.1, -0.05) is 104 Å². The summed E-state index contributed by atoms with van der Waals surface area (Å²) in [5.74, 6) is 5.25. The summed E-state index contributed by atoms with van der Waals surface area (Å²) in [6, 6.07) is 0.753. The van der Waals surface area contributed by atoms with Gasteiger partial charge in [-0.15, -0.1) is 0 Å². The number of nitrogens with one attached hydrogen (secondary N) is 2. The van der Waals surface area contributed by atoms with Crippen LogP contribution in [0.15, 0.2) is 14.4 Å². The van der Waals surface area contributed by atoms with Crippen molar-refractivity contribution in [3.05, 3.63) is 31.5 Å². The standard InChI is InChI=1S/C59H107N9O13/c1-11-13-15-23-31-58(7,8)50(69)77-43-48(41-63-39-46(63)5)80-52(71)61-33-25-17-19-27-35-65-54(73)66(56(75)67(55(65)74)37-29-21-22-30-38-68(60)57(76)79-45(3)4)36-28-20-18-26-34-62-53(72)81-49(42-64-40-47(64)6)44-78-51(70)59(9,10)32-24-16-14-12-2/h45-49H,11-44,60H2,1-10H3,(H,61,71)(H,62,72). The number of hydrazine groups is 1. The van der Waals surface area contributed by atoms with E-state index in [9.17, 15) is 38.4 Å². The predicted octanol–water partition coefficient (Wildman–Crippen LogP) is 8.25. The zero-order valence-electron chi connectivity index (χ0n) is 51.5. The third-order valence-corrected chi connectivity index (χ3v) is 15.3. The summed E-state index contributed by atoms with van der Waals surface area (Å²) in [5, 5.41) is 6.65.